The van der Waals surface area contributed by atoms with Crippen LogP contribution in [0.5, 0.6) is 11.5 Å². The average Bonchev–Trinajstić information content (AvgIpc) is 2.44. The largest absolute Gasteiger partial charge is 0.493 e. The summed E-state index contributed by atoms with van der Waals surface area (Å²) in [4.78, 5) is 11.7. The molecule has 1 N–H and O–H groups in total. The lowest BCUT2D eigenvalue weighted by molar-refractivity contribution is -0.124. The first-order chi connectivity index (χ1) is 9.12. The molecular formula is C14H18N2O3. The SMILES string of the molecule is COc1ccc(CC(C)C(=O)NCC#N)cc1OC. The molecule has 19 heavy (non-hydrogen) atoms. The van der Waals surface area contributed by atoms with E-state index in [0.29, 0.717) is 17.9 Å². The van der Waals surface area contributed by atoms with Crippen molar-refractivity contribution in [1.29, 1.82) is 5.26 Å². The lowest BCUT2D eigenvalue weighted by Crippen LogP contribution is -2.30. The number of nitriles is 1. The smallest absolute Gasteiger partial charge is 0.223 e. The van der Waals surface area contributed by atoms with Gasteiger partial charge in [0.05, 0.1) is 20.3 Å². The minimum Gasteiger partial charge on any atom is -0.493 e. The Hall–Kier alpha value is -2.22. The fourth-order valence-electron chi connectivity index (χ4n) is 1.75. The van der Waals surface area contributed by atoms with Crippen molar-refractivity contribution in [1.82, 2.24) is 5.32 Å². The van der Waals surface area contributed by atoms with Crippen molar-refractivity contribution in [2.24, 2.45) is 5.92 Å². The van der Waals surface area contributed by atoms with Crippen LogP contribution in [0.3, 0.4) is 0 Å². The van der Waals surface area contributed by atoms with Crippen LogP contribution in [0.2, 0.25) is 0 Å². The maximum absolute atomic E-state index is 11.7. The Morgan fingerprint density at radius 1 is 1.37 bits per heavy atom. The van der Waals surface area contributed by atoms with Gasteiger partial charge in [0, 0.05) is 5.92 Å². The van der Waals surface area contributed by atoms with Crippen LogP contribution in [0.15, 0.2) is 18.2 Å². The van der Waals surface area contributed by atoms with Crippen LogP contribution in [0.1, 0.15) is 12.5 Å². The van der Waals surface area contributed by atoms with E-state index in [2.05, 4.69) is 5.32 Å². The number of nitrogens with zero attached hydrogens (tertiary/aromatic N) is 1. The van der Waals surface area contributed by atoms with Crippen LogP contribution >= 0.6 is 0 Å². The third kappa shape index (κ3) is 4.18. The van der Waals surface area contributed by atoms with Crippen LogP contribution in [0, 0.1) is 17.2 Å². The zero-order valence-electron chi connectivity index (χ0n) is 11.4. The molecule has 0 aliphatic heterocycles. The van der Waals surface area contributed by atoms with Gasteiger partial charge in [-0.25, -0.2) is 0 Å². The Bertz CT molecular complexity index is 480. The van der Waals surface area contributed by atoms with E-state index in [9.17, 15) is 4.79 Å². The minimum atomic E-state index is -0.202. The van der Waals surface area contributed by atoms with Crippen molar-refractivity contribution < 1.29 is 14.3 Å². The predicted molar refractivity (Wildman–Crippen MR) is 71.0 cm³/mol. The number of hydrogen-bond donors (Lipinski definition) is 1. The molecular weight excluding hydrogens is 244 g/mol. The van der Waals surface area contributed by atoms with Gasteiger partial charge in [0.2, 0.25) is 5.91 Å². The summed E-state index contributed by atoms with van der Waals surface area (Å²) in [5.74, 6) is 0.972. The molecule has 1 rings (SSSR count). The van der Waals surface area contributed by atoms with Crippen molar-refractivity contribution in [2.45, 2.75) is 13.3 Å². The molecule has 1 aromatic carbocycles. The lowest BCUT2D eigenvalue weighted by atomic mass is 10.00. The second kappa shape index (κ2) is 7.27. The summed E-state index contributed by atoms with van der Waals surface area (Å²) in [6.07, 6.45) is 0.581. The van der Waals surface area contributed by atoms with Crippen molar-refractivity contribution >= 4 is 5.91 Å². The number of amides is 1. The van der Waals surface area contributed by atoms with Crippen LogP contribution < -0.4 is 14.8 Å². The highest BCUT2D eigenvalue weighted by Crippen LogP contribution is 2.28. The number of rotatable bonds is 6. The third-order valence-electron chi connectivity index (χ3n) is 2.78. The van der Waals surface area contributed by atoms with Gasteiger partial charge in [-0.15, -0.1) is 0 Å². The average molecular weight is 262 g/mol. The standard InChI is InChI=1S/C14H18N2O3/c1-10(14(17)16-7-6-15)8-11-4-5-12(18-2)13(9-11)19-3/h4-5,9-10H,7-8H2,1-3H3,(H,16,17). The van der Waals surface area contributed by atoms with Crippen LogP contribution in [-0.4, -0.2) is 26.7 Å². The molecule has 102 valence electrons. The Labute approximate surface area is 113 Å². The summed E-state index contributed by atoms with van der Waals surface area (Å²) in [5, 5.41) is 11.0. The van der Waals surface area contributed by atoms with Gasteiger partial charge in [-0.3, -0.25) is 4.79 Å². The first-order valence-corrected chi connectivity index (χ1v) is 5.98. The highest BCUT2D eigenvalue weighted by Gasteiger charge is 2.14. The van der Waals surface area contributed by atoms with Gasteiger partial charge in [0.25, 0.3) is 0 Å². The first-order valence-electron chi connectivity index (χ1n) is 5.98. The molecule has 0 aromatic heterocycles. The number of nitrogens with one attached hydrogen (secondary N) is 1. The molecule has 5 heteroatoms. The highest BCUT2D eigenvalue weighted by atomic mass is 16.5. The number of carbonyl (C=O) groups is 1. The van der Waals surface area contributed by atoms with Crippen molar-refractivity contribution in [3.63, 3.8) is 0 Å². The number of ether oxygens (including phenoxy) is 2. The number of benzene rings is 1. The molecule has 0 saturated carbocycles. The van der Waals surface area contributed by atoms with Gasteiger partial charge < -0.3 is 14.8 Å². The molecule has 0 aliphatic rings. The molecule has 1 aromatic rings. The Balaban J connectivity index is 2.72. The van der Waals surface area contributed by atoms with Crippen molar-refractivity contribution in [3.05, 3.63) is 23.8 Å². The van der Waals surface area contributed by atoms with E-state index in [4.69, 9.17) is 14.7 Å². The Morgan fingerprint density at radius 2 is 2.05 bits per heavy atom. The zero-order chi connectivity index (χ0) is 14.3. The number of hydrogen-bond acceptors (Lipinski definition) is 4. The van der Waals surface area contributed by atoms with Crippen LogP contribution in [0.4, 0.5) is 0 Å². The molecule has 1 atom stereocenters. The normalized spacial score (nSPS) is 11.3. The van der Waals surface area contributed by atoms with Crippen molar-refractivity contribution in [2.75, 3.05) is 20.8 Å². The van der Waals surface area contributed by atoms with E-state index in [1.807, 2.05) is 31.2 Å². The third-order valence-corrected chi connectivity index (χ3v) is 2.78. The zero-order valence-corrected chi connectivity index (χ0v) is 11.4. The first kappa shape index (κ1) is 14.8. The fourth-order valence-corrected chi connectivity index (χ4v) is 1.75. The number of methoxy groups -OCH3 is 2. The molecule has 0 heterocycles. The number of carbonyl (C=O) groups excluding carboxylic acids is 1. The van der Waals surface area contributed by atoms with E-state index in [-0.39, 0.29) is 18.4 Å². The lowest BCUT2D eigenvalue weighted by Gasteiger charge is -2.13. The molecule has 1 amide bonds. The second-order valence-electron chi connectivity index (χ2n) is 4.17. The summed E-state index contributed by atoms with van der Waals surface area (Å²) in [5.41, 5.74) is 0.984. The van der Waals surface area contributed by atoms with E-state index in [0.717, 1.165) is 5.56 Å². The quantitative estimate of drug-likeness (QED) is 0.789. The molecule has 0 aliphatic carbocycles. The highest BCUT2D eigenvalue weighted by molar-refractivity contribution is 5.78. The van der Waals surface area contributed by atoms with Gasteiger partial charge in [-0.2, -0.15) is 5.26 Å². The molecule has 0 spiro atoms. The maximum atomic E-state index is 11.7. The summed E-state index contributed by atoms with van der Waals surface area (Å²) >= 11 is 0. The van der Waals surface area contributed by atoms with Gasteiger partial charge in [0.1, 0.15) is 6.54 Å². The summed E-state index contributed by atoms with van der Waals surface area (Å²) in [6.45, 7) is 1.86. The second-order valence-corrected chi connectivity index (χ2v) is 4.17. The predicted octanol–water partition coefficient (Wildman–Crippen LogP) is 1.52. The summed E-state index contributed by atoms with van der Waals surface area (Å²) in [6, 6.07) is 7.45. The summed E-state index contributed by atoms with van der Waals surface area (Å²) in [7, 11) is 3.15. The Kier molecular flexibility index (Phi) is 5.68. The van der Waals surface area contributed by atoms with E-state index < -0.39 is 0 Å². The molecule has 5 nitrogen and oxygen atoms in total. The van der Waals surface area contributed by atoms with Gasteiger partial charge in [0.15, 0.2) is 11.5 Å². The molecule has 0 fully saturated rings. The summed E-state index contributed by atoms with van der Waals surface area (Å²) < 4.78 is 10.4. The molecule has 0 saturated heterocycles. The van der Waals surface area contributed by atoms with E-state index in [1.54, 1.807) is 14.2 Å². The fraction of sp³-hybridized carbons (Fsp3) is 0.429. The molecule has 0 radical (unpaired) electrons. The van der Waals surface area contributed by atoms with Gasteiger partial charge in [-0.05, 0) is 24.1 Å². The monoisotopic (exact) mass is 262 g/mol. The van der Waals surface area contributed by atoms with Gasteiger partial charge >= 0.3 is 0 Å². The minimum absolute atomic E-state index is 0.0368. The topological polar surface area (TPSA) is 71.3 Å². The Morgan fingerprint density at radius 3 is 2.63 bits per heavy atom. The van der Waals surface area contributed by atoms with Crippen LogP contribution in [-0.2, 0) is 11.2 Å². The van der Waals surface area contributed by atoms with E-state index >= 15 is 0 Å². The van der Waals surface area contributed by atoms with Gasteiger partial charge in [-0.1, -0.05) is 13.0 Å². The van der Waals surface area contributed by atoms with Crippen molar-refractivity contribution in [3.8, 4) is 17.6 Å². The molecule has 1 unspecified atom stereocenters. The maximum Gasteiger partial charge on any atom is 0.223 e. The van der Waals surface area contributed by atoms with E-state index in [1.165, 1.54) is 0 Å². The van der Waals surface area contributed by atoms with Crippen LogP contribution in [0.25, 0.3) is 0 Å². The molecule has 0 bridgehead atoms.